The van der Waals surface area contributed by atoms with Gasteiger partial charge in [-0.25, -0.2) is 4.79 Å². The van der Waals surface area contributed by atoms with Gasteiger partial charge >= 0.3 is 5.97 Å². The molecule has 0 saturated heterocycles. The molecule has 0 fully saturated rings. The van der Waals surface area contributed by atoms with Gasteiger partial charge in [0.05, 0.1) is 16.5 Å². The van der Waals surface area contributed by atoms with Crippen LogP contribution < -0.4 is 4.74 Å². The molecule has 0 amide bonds. The number of fused-ring (bicyclic) bond motifs is 1. The van der Waals surface area contributed by atoms with Gasteiger partial charge in [-0.3, -0.25) is 4.98 Å². The van der Waals surface area contributed by atoms with Gasteiger partial charge < -0.3 is 9.84 Å². The van der Waals surface area contributed by atoms with Gasteiger partial charge in [0.25, 0.3) is 0 Å². The third-order valence-corrected chi connectivity index (χ3v) is 6.21. The van der Waals surface area contributed by atoms with Gasteiger partial charge in [-0.1, -0.05) is 23.7 Å². The largest absolute Gasteiger partial charge is 0.493 e. The molecule has 1 unspecified atom stereocenters. The van der Waals surface area contributed by atoms with Gasteiger partial charge in [0, 0.05) is 17.3 Å². The van der Waals surface area contributed by atoms with Crippen LogP contribution in [0.15, 0.2) is 48.8 Å². The van der Waals surface area contributed by atoms with Crippen molar-refractivity contribution >= 4 is 28.9 Å². The van der Waals surface area contributed by atoms with Crippen LogP contribution in [0.2, 0.25) is 4.34 Å². The Morgan fingerprint density at radius 2 is 2.19 bits per heavy atom. The van der Waals surface area contributed by atoms with Crippen LogP contribution in [-0.4, -0.2) is 22.7 Å². The molecule has 1 atom stereocenters. The van der Waals surface area contributed by atoms with Crippen molar-refractivity contribution in [3.63, 3.8) is 0 Å². The van der Waals surface area contributed by atoms with Gasteiger partial charge in [0.2, 0.25) is 0 Å². The monoisotopic (exact) mass is 399 g/mol. The van der Waals surface area contributed by atoms with Crippen molar-refractivity contribution in [1.29, 1.82) is 0 Å². The Hall–Kier alpha value is -2.37. The van der Waals surface area contributed by atoms with Crippen molar-refractivity contribution in [3.05, 3.63) is 69.8 Å². The summed E-state index contributed by atoms with van der Waals surface area (Å²) in [4.78, 5) is 16.6. The van der Waals surface area contributed by atoms with Gasteiger partial charge in [0.15, 0.2) is 0 Å². The number of aryl methyl sites for hydroxylation is 1. The Morgan fingerprint density at radius 1 is 1.30 bits per heavy atom. The van der Waals surface area contributed by atoms with Crippen LogP contribution in [-0.2, 0) is 6.42 Å². The number of pyridine rings is 1. The molecule has 138 valence electrons. The van der Waals surface area contributed by atoms with Crippen LogP contribution >= 0.6 is 22.9 Å². The number of thiophene rings is 1. The molecule has 4 nitrogen and oxygen atoms in total. The highest BCUT2D eigenvalue weighted by atomic mass is 35.5. The highest BCUT2D eigenvalue weighted by Gasteiger charge is 2.23. The van der Waals surface area contributed by atoms with E-state index in [1.54, 1.807) is 23.6 Å². The van der Waals surface area contributed by atoms with Gasteiger partial charge in [-0.2, -0.15) is 0 Å². The second kappa shape index (κ2) is 7.71. The summed E-state index contributed by atoms with van der Waals surface area (Å²) in [6.07, 6.45) is 5.66. The van der Waals surface area contributed by atoms with Gasteiger partial charge in [-0.15, -0.1) is 11.3 Å². The second-order valence-electron chi connectivity index (χ2n) is 6.57. The minimum absolute atomic E-state index is 0.335. The van der Waals surface area contributed by atoms with Crippen LogP contribution in [0.3, 0.4) is 0 Å². The van der Waals surface area contributed by atoms with E-state index in [-0.39, 0.29) is 0 Å². The van der Waals surface area contributed by atoms with Gasteiger partial charge in [0.1, 0.15) is 5.75 Å². The molecule has 3 heterocycles. The van der Waals surface area contributed by atoms with Gasteiger partial charge in [-0.05, 0) is 66.1 Å². The molecule has 0 bridgehead atoms. The molecule has 1 N–H and O–H groups in total. The predicted octanol–water partition coefficient (Wildman–Crippen LogP) is 5.66. The van der Waals surface area contributed by atoms with Crippen molar-refractivity contribution in [2.24, 2.45) is 0 Å². The maximum absolute atomic E-state index is 11.4. The lowest BCUT2D eigenvalue weighted by molar-refractivity contribution is 0.0695. The highest BCUT2D eigenvalue weighted by molar-refractivity contribution is 7.19. The van der Waals surface area contributed by atoms with Crippen LogP contribution in [0, 0.1) is 0 Å². The number of aromatic nitrogens is 1. The Kier molecular flexibility index (Phi) is 5.14. The first-order valence-corrected chi connectivity index (χ1v) is 10.00. The zero-order chi connectivity index (χ0) is 18.8. The summed E-state index contributed by atoms with van der Waals surface area (Å²) in [7, 11) is 0. The molecule has 0 spiro atoms. The number of hydrogen-bond acceptors (Lipinski definition) is 4. The number of hydrogen-bond donors (Lipinski definition) is 1. The fourth-order valence-corrected chi connectivity index (χ4v) is 4.59. The normalized spacial score (nSPS) is 15.8. The molecular weight excluding hydrogens is 382 g/mol. The first kappa shape index (κ1) is 18.0. The van der Waals surface area contributed by atoms with E-state index in [4.69, 9.17) is 16.3 Å². The molecule has 1 aromatic carbocycles. The van der Waals surface area contributed by atoms with E-state index in [0.717, 1.165) is 38.9 Å². The average Bonchev–Trinajstić information content (AvgIpc) is 3.12. The standard InChI is InChI=1S/C21H18ClNO3S/c22-20-6-5-19(27-20)14-3-4-16-13(8-10-26-18(16)11-14)1-2-15-12-23-9-7-17(15)21(24)25/h3-7,9,11-13H,1-2,8,10H2,(H,24,25). The van der Waals surface area contributed by atoms with Crippen LogP contribution in [0.5, 0.6) is 5.75 Å². The Morgan fingerprint density at radius 3 is 2.96 bits per heavy atom. The van der Waals surface area contributed by atoms with E-state index in [0.29, 0.717) is 24.5 Å². The lowest BCUT2D eigenvalue weighted by atomic mass is 9.87. The number of aromatic carboxylic acids is 1. The fourth-order valence-electron chi connectivity index (χ4n) is 3.55. The van der Waals surface area contributed by atoms with Crippen molar-refractivity contribution < 1.29 is 14.6 Å². The summed E-state index contributed by atoms with van der Waals surface area (Å²) in [6, 6.07) is 11.8. The second-order valence-corrected chi connectivity index (χ2v) is 8.28. The van der Waals surface area contributed by atoms with E-state index in [9.17, 15) is 9.90 Å². The molecule has 0 saturated carbocycles. The van der Waals surface area contributed by atoms with E-state index in [2.05, 4.69) is 23.2 Å². The Labute approximate surface area is 166 Å². The number of nitrogens with zero attached hydrogens (tertiary/aromatic N) is 1. The number of carbonyl (C=O) groups is 1. The Bertz CT molecular complexity index is 985. The average molecular weight is 400 g/mol. The number of carboxylic acid groups (broad SMARTS) is 1. The first-order valence-electron chi connectivity index (χ1n) is 8.80. The summed E-state index contributed by atoms with van der Waals surface area (Å²) in [5.74, 6) is 0.355. The molecule has 3 aromatic rings. The molecule has 2 aromatic heterocycles. The Balaban J connectivity index is 1.54. The quantitative estimate of drug-likeness (QED) is 0.601. The van der Waals surface area contributed by atoms with Crippen LogP contribution in [0.1, 0.15) is 40.2 Å². The molecular formula is C21H18ClNO3S. The molecule has 0 aliphatic carbocycles. The maximum atomic E-state index is 11.4. The molecule has 27 heavy (non-hydrogen) atoms. The van der Waals surface area contributed by atoms with Crippen molar-refractivity contribution in [1.82, 2.24) is 4.98 Å². The van der Waals surface area contributed by atoms with Crippen molar-refractivity contribution in [2.45, 2.75) is 25.2 Å². The highest BCUT2D eigenvalue weighted by Crippen LogP contribution is 2.40. The SMILES string of the molecule is O=C(O)c1ccncc1CCC1CCOc2cc(-c3ccc(Cl)s3)ccc21. The van der Waals surface area contributed by atoms with Crippen LogP contribution in [0.25, 0.3) is 10.4 Å². The summed E-state index contributed by atoms with van der Waals surface area (Å²) in [5.41, 5.74) is 3.41. The molecule has 1 aliphatic rings. The van der Waals surface area contributed by atoms with Crippen molar-refractivity contribution in [2.75, 3.05) is 6.61 Å². The van der Waals surface area contributed by atoms with E-state index < -0.39 is 5.97 Å². The maximum Gasteiger partial charge on any atom is 0.336 e. The lowest BCUT2D eigenvalue weighted by Crippen LogP contribution is -2.15. The number of halogens is 1. The number of benzene rings is 1. The third-order valence-electron chi connectivity index (χ3n) is 4.93. The third kappa shape index (κ3) is 3.84. The minimum Gasteiger partial charge on any atom is -0.493 e. The van der Waals surface area contributed by atoms with E-state index in [1.165, 1.54) is 11.8 Å². The van der Waals surface area contributed by atoms with E-state index in [1.807, 2.05) is 12.1 Å². The molecule has 4 rings (SSSR count). The lowest BCUT2D eigenvalue weighted by Gasteiger charge is -2.26. The zero-order valence-corrected chi connectivity index (χ0v) is 16.1. The summed E-state index contributed by atoms with van der Waals surface area (Å²) in [6.45, 7) is 0.672. The first-order chi connectivity index (χ1) is 13.1. The number of rotatable bonds is 5. The van der Waals surface area contributed by atoms with Crippen molar-refractivity contribution in [3.8, 4) is 16.2 Å². The molecule has 0 radical (unpaired) electrons. The summed E-state index contributed by atoms with van der Waals surface area (Å²) >= 11 is 7.60. The fraction of sp³-hybridized carbons (Fsp3) is 0.238. The summed E-state index contributed by atoms with van der Waals surface area (Å²) in [5, 5.41) is 9.34. The minimum atomic E-state index is -0.904. The molecule has 1 aliphatic heterocycles. The molecule has 6 heteroatoms. The number of ether oxygens (including phenoxy) is 1. The summed E-state index contributed by atoms with van der Waals surface area (Å²) < 4.78 is 6.67. The smallest absolute Gasteiger partial charge is 0.336 e. The van der Waals surface area contributed by atoms with E-state index >= 15 is 0 Å². The zero-order valence-electron chi connectivity index (χ0n) is 14.5. The predicted molar refractivity (Wildman–Crippen MR) is 107 cm³/mol. The topological polar surface area (TPSA) is 59.4 Å². The van der Waals surface area contributed by atoms with Crippen LogP contribution in [0.4, 0.5) is 0 Å². The number of carboxylic acids is 1.